The summed E-state index contributed by atoms with van der Waals surface area (Å²) in [5.41, 5.74) is 1.26. The van der Waals surface area contributed by atoms with Gasteiger partial charge in [-0.3, -0.25) is 0 Å². The van der Waals surface area contributed by atoms with Crippen LogP contribution >= 0.6 is 11.6 Å². The lowest BCUT2D eigenvalue weighted by atomic mass is 10.0. The topological polar surface area (TPSA) is 24.5 Å². The van der Waals surface area contributed by atoms with E-state index in [-0.39, 0.29) is 0 Å². The van der Waals surface area contributed by atoms with E-state index in [1.165, 1.54) is 29.3 Å². The first-order valence-corrected chi connectivity index (χ1v) is 10.5. The highest BCUT2D eigenvalue weighted by molar-refractivity contribution is 6.30. The van der Waals surface area contributed by atoms with E-state index in [4.69, 9.17) is 16.3 Å². The smallest absolute Gasteiger partial charge is 0.119 e. The van der Waals surface area contributed by atoms with Gasteiger partial charge in [0.15, 0.2) is 0 Å². The lowest BCUT2D eigenvalue weighted by molar-refractivity contribution is 0.198. The maximum absolute atomic E-state index is 5.90. The molecule has 1 aliphatic heterocycles. The number of rotatable bonds is 7. The molecule has 0 radical (unpaired) electrons. The molecular weight excluding hydrogens is 368 g/mol. The molecule has 146 valence electrons. The number of piperidine rings is 1. The van der Waals surface area contributed by atoms with E-state index in [0.717, 1.165) is 43.4 Å². The maximum atomic E-state index is 5.90. The molecule has 4 heteroatoms. The summed E-state index contributed by atoms with van der Waals surface area (Å²) in [5, 5.41) is 7.13. The molecule has 0 aliphatic carbocycles. The Morgan fingerprint density at radius 2 is 1.68 bits per heavy atom. The Balaban J connectivity index is 1.20. The van der Waals surface area contributed by atoms with Gasteiger partial charge in [0, 0.05) is 41.8 Å². The fourth-order valence-electron chi connectivity index (χ4n) is 3.88. The predicted octanol–water partition coefficient (Wildman–Crippen LogP) is 5.84. The summed E-state index contributed by atoms with van der Waals surface area (Å²) < 4.78 is 5.80. The van der Waals surface area contributed by atoms with Crippen LogP contribution in [0.15, 0.2) is 66.7 Å². The third-order valence-corrected chi connectivity index (χ3v) is 5.69. The summed E-state index contributed by atoms with van der Waals surface area (Å²) in [7, 11) is 0. The first-order valence-electron chi connectivity index (χ1n) is 10.1. The van der Waals surface area contributed by atoms with Crippen molar-refractivity contribution in [3.63, 3.8) is 0 Å². The van der Waals surface area contributed by atoms with Crippen LogP contribution in [0.3, 0.4) is 0 Å². The number of nitrogens with one attached hydrogen (secondary N) is 1. The molecule has 0 atom stereocenters. The van der Waals surface area contributed by atoms with Gasteiger partial charge in [-0.25, -0.2) is 0 Å². The summed E-state index contributed by atoms with van der Waals surface area (Å²) in [6.07, 6.45) is 3.41. The van der Waals surface area contributed by atoms with Crippen LogP contribution in [0, 0.1) is 0 Å². The van der Waals surface area contributed by atoms with Crippen LogP contribution in [0.5, 0.6) is 5.75 Å². The van der Waals surface area contributed by atoms with Crippen LogP contribution < -0.4 is 10.1 Å². The highest BCUT2D eigenvalue weighted by Crippen LogP contribution is 2.25. The number of fused-ring (bicyclic) bond motifs is 1. The monoisotopic (exact) mass is 394 g/mol. The average Bonchev–Trinajstić information content (AvgIpc) is 2.74. The third-order valence-electron chi connectivity index (χ3n) is 5.44. The summed E-state index contributed by atoms with van der Waals surface area (Å²) in [6.45, 7) is 4.12. The largest absolute Gasteiger partial charge is 0.494 e. The SMILES string of the molecule is Clc1ccc(OCCCN2CCC(Nc3cccc4ccccc34)CC2)cc1. The van der Waals surface area contributed by atoms with E-state index in [2.05, 4.69) is 52.7 Å². The molecule has 28 heavy (non-hydrogen) atoms. The molecule has 0 aromatic heterocycles. The van der Waals surface area contributed by atoms with E-state index in [9.17, 15) is 0 Å². The predicted molar refractivity (Wildman–Crippen MR) is 119 cm³/mol. The Hall–Kier alpha value is -2.23. The van der Waals surface area contributed by atoms with Crippen molar-refractivity contribution in [1.82, 2.24) is 4.90 Å². The van der Waals surface area contributed by atoms with Gasteiger partial charge in [0.25, 0.3) is 0 Å². The van der Waals surface area contributed by atoms with E-state index < -0.39 is 0 Å². The van der Waals surface area contributed by atoms with Gasteiger partial charge >= 0.3 is 0 Å². The van der Waals surface area contributed by atoms with Crippen molar-refractivity contribution in [2.24, 2.45) is 0 Å². The Kier molecular flexibility index (Phi) is 6.35. The highest BCUT2D eigenvalue weighted by atomic mass is 35.5. The van der Waals surface area contributed by atoms with E-state index >= 15 is 0 Å². The van der Waals surface area contributed by atoms with Crippen molar-refractivity contribution in [3.05, 3.63) is 71.8 Å². The molecule has 0 spiro atoms. The minimum absolute atomic E-state index is 0.548. The fraction of sp³-hybridized carbons (Fsp3) is 0.333. The van der Waals surface area contributed by atoms with Crippen LogP contribution in [0.4, 0.5) is 5.69 Å². The van der Waals surface area contributed by atoms with Crippen LogP contribution in [-0.4, -0.2) is 37.2 Å². The molecule has 3 aromatic rings. The van der Waals surface area contributed by atoms with Gasteiger partial charge in [-0.1, -0.05) is 48.0 Å². The van der Waals surface area contributed by atoms with Crippen molar-refractivity contribution in [3.8, 4) is 5.75 Å². The van der Waals surface area contributed by atoms with Crippen LogP contribution in [0.2, 0.25) is 5.02 Å². The number of ether oxygens (including phenoxy) is 1. The molecular formula is C24H27ClN2O. The minimum atomic E-state index is 0.548. The van der Waals surface area contributed by atoms with Crippen molar-refractivity contribution in [1.29, 1.82) is 0 Å². The second-order valence-electron chi connectivity index (χ2n) is 7.44. The number of halogens is 1. The molecule has 0 unspecified atom stereocenters. The molecule has 1 aliphatic rings. The lowest BCUT2D eigenvalue weighted by Crippen LogP contribution is -2.39. The van der Waals surface area contributed by atoms with E-state index in [1.807, 2.05) is 24.3 Å². The first-order chi connectivity index (χ1) is 13.8. The Labute approximate surface area is 172 Å². The van der Waals surface area contributed by atoms with E-state index in [1.54, 1.807) is 0 Å². The zero-order valence-corrected chi connectivity index (χ0v) is 16.9. The molecule has 0 bridgehead atoms. The average molecular weight is 395 g/mol. The Morgan fingerprint density at radius 3 is 2.50 bits per heavy atom. The number of nitrogens with zero attached hydrogens (tertiary/aromatic N) is 1. The highest BCUT2D eigenvalue weighted by Gasteiger charge is 2.19. The summed E-state index contributed by atoms with van der Waals surface area (Å²) in [4.78, 5) is 2.55. The molecule has 1 heterocycles. The maximum Gasteiger partial charge on any atom is 0.119 e. The third kappa shape index (κ3) is 4.98. The second-order valence-corrected chi connectivity index (χ2v) is 7.88. The van der Waals surface area contributed by atoms with Crippen molar-refractivity contribution in [2.75, 3.05) is 31.6 Å². The van der Waals surface area contributed by atoms with E-state index in [0.29, 0.717) is 6.04 Å². The van der Waals surface area contributed by atoms with Crippen molar-refractivity contribution >= 4 is 28.1 Å². The van der Waals surface area contributed by atoms with Crippen LogP contribution in [0.1, 0.15) is 19.3 Å². The van der Waals surface area contributed by atoms with Crippen molar-refractivity contribution in [2.45, 2.75) is 25.3 Å². The Morgan fingerprint density at radius 1 is 0.929 bits per heavy atom. The Bertz CT molecular complexity index is 883. The zero-order chi connectivity index (χ0) is 19.2. The standard InChI is InChI=1S/C24H27ClN2O/c25-20-9-11-22(12-10-20)28-18-4-15-27-16-13-21(14-17-27)26-24-8-3-6-19-5-1-2-7-23(19)24/h1-3,5-12,21,26H,4,13-18H2. The first kappa shape index (κ1) is 19.1. The van der Waals surface area contributed by atoms with Gasteiger partial charge in [-0.05, 0) is 55.0 Å². The van der Waals surface area contributed by atoms with Gasteiger partial charge in [-0.15, -0.1) is 0 Å². The molecule has 1 saturated heterocycles. The molecule has 3 nitrogen and oxygen atoms in total. The molecule has 3 aromatic carbocycles. The lowest BCUT2D eigenvalue weighted by Gasteiger charge is -2.33. The fourth-order valence-corrected chi connectivity index (χ4v) is 4.01. The second kappa shape index (κ2) is 9.31. The number of likely N-dealkylation sites (tertiary alicyclic amines) is 1. The quantitative estimate of drug-likeness (QED) is 0.509. The molecule has 0 saturated carbocycles. The van der Waals surface area contributed by atoms with Gasteiger partial charge < -0.3 is 15.0 Å². The molecule has 4 rings (SSSR count). The van der Waals surface area contributed by atoms with Crippen LogP contribution in [-0.2, 0) is 0 Å². The van der Waals surface area contributed by atoms with Crippen molar-refractivity contribution < 1.29 is 4.74 Å². The summed E-state index contributed by atoms with van der Waals surface area (Å²) in [6, 6.07) is 23.2. The van der Waals surface area contributed by atoms with Gasteiger partial charge in [0.1, 0.15) is 5.75 Å². The normalized spacial score (nSPS) is 15.6. The van der Waals surface area contributed by atoms with Gasteiger partial charge in [0.05, 0.1) is 6.61 Å². The minimum Gasteiger partial charge on any atom is -0.494 e. The van der Waals surface area contributed by atoms with Gasteiger partial charge in [-0.2, -0.15) is 0 Å². The van der Waals surface area contributed by atoms with Gasteiger partial charge in [0.2, 0.25) is 0 Å². The molecule has 0 amide bonds. The zero-order valence-electron chi connectivity index (χ0n) is 16.1. The molecule has 1 fully saturated rings. The summed E-state index contributed by atoms with van der Waals surface area (Å²) >= 11 is 5.90. The number of hydrogen-bond donors (Lipinski definition) is 1. The number of benzene rings is 3. The van der Waals surface area contributed by atoms with Crippen LogP contribution in [0.25, 0.3) is 10.8 Å². The summed E-state index contributed by atoms with van der Waals surface area (Å²) in [5.74, 6) is 0.891. The number of hydrogen-bond acceptors (Lipinski definition) is 3. The molecule has 1 N–H and O–H groups in total. The number of anilines is 1.